The lowest BCUT2D eigenvalue weighted by atomic mass is 9.98. The highest BCUT2D eigenvalue weighted by atomic mass is 35.5. The highest BCUT2D eigenvalue weighted by molar-refractivity contribution is 6.30. The van der Waals surface area contributed by atoms with Crippen molar-refractivity contribution >= 4 is 28.9 Å². The maximum Gasteiger partial charge on any atom is 0.338 e. The standard InChI is InChI=1S/C19H14ClNO4/c1-2-25-19(24)12-5-9-14(10-6-12)21-16-15(17(22)18(16)23)11-3-7-13(20)8-4-11/h3-10,21H,2H2,1H3. The Morgan fingerprint density at radius 3 is 2.24 bits per heavy atom. The number of benzene rings is 2. The molecular weight excluding hydrogens is 342 g/mol. The van der Waals surface area contributed by atoms with E-state index in [1.165, 1.54) is 0 Å². The van der Waals surface area contributed by atoms with Crippen LogP contribution in [-0.2, 0) is 4.74 Å². The zero-order valence-electron chi connectivity index (χ0n) is 13.3. The lowest BCUT2D eigenvalue weighted by Crippen LogP contribution is -2.35. The highest BCUT2D eigenvalue weighted by Crippen LogP contribution is 2.27. The van der Waals surface area contributed by atoms with Gasteiger partial charge < -0.3 is 10.1 Å². The zero-order chi connectivity index (χ0) is 18.0. The predicted molar refractivity (Wildman–Crippen MR) is 97.5 cm³/mol. The fourth-order valence-electron chi connectivity index (χ4n) is 2.45. The first-order chi connectivity index (χ1) is 12.0. The first kappa shape index (κ1) is 16.9. The van der Waals surface area contributed by atoms with E-state index in [-0.39, 0.29) is 5.69 Å². The molecule has 25 heavy (non-hydrogen) atoms. The number of nitrogens with one attached hydrogen (secondary N) is 1. The molecule has 0 unspecified atom stereocenters. The molecule has 3 rings (SSSR count). The van der Waals surface area contributed by atoms with Gasteiger partial charge in [0.15, 0.2) is 0 Å². The van der Waals surface area contributed by atoms with Crippen LogP contribution in [-0.4, -0.2) is 12.6 Å². The van der Waals surface area contributed by atoms with Crippen LogP contribution in [0, 0.1) is 0 Å². The van der Waals surface area contributed by atoms with Gasteiger partial charge >= 0.3 is 5.97 Å². The van der Waals surface area contributed by atoms with Crippen LogP contribution in [0.3, 0.4) is 0 Å². The van der Waals surface area contributed by atoms with Crippen LogP contribution in [0.15, 0.2) is 58.1 Å². The van der Waals surface area contributed by atoms with Crippen molar-refractivity contribution in [1.82, 2.24) is 0 Å². The molecule has 126 valence electrons. The molecule has 0 aromatic heterocycles. The Morgan fingerprint density at radius 1 is 1.00 bits per heavy atom. The summed E-state index contributed by atoms with van der Waals surface area (Å²) < 4.78 is 4.92. The molecule has 0 aliphatic rings. The van der Waals surface area contributed by atoms with Gasteiger partial charge in [0.1, 0.15) is 5.69 Å². The van der Waals surface area contributed by atoms with Crippen molar-refractivity contribution in [2.45, 2.75) is 6.92 Å². The zero-order valence-corrected chi connectivity index (χ0v) is 14.1. The normalized spacial score (nSPS) is 10.6. The van der Waals surface area contributed by atoms with E-state index in [0.29, 0.717) is 34.0 Å². The van der Waals surface area contributed by atoms with Gasteiger partial charge in [-0.1, -0.05) is 23.7 Å². The Kier molecular flexibility index (Phi) is 4.67. The summed E-state index contributed by atoms with van der Waals surface area (Å²) in [5.74, 6) is -0.412. The number of hydrogen-bond donors (Lipinski definition) is 1. The summed E-state index contributed by atoms with van der Waals surface area (Å²) in [5.41, 5.74) is 1.09. The van der Waals surface area contributed by atoms with Crippen LogP contribution in [0.25, 0.3) is 11.1 Å². The van der Waals surface area contributed by atoms with Crippen molar-refractivity contribution < 1.29 is 9.53 Å². The third-order valence-corrected chi connectivity index (χ3v) is 3.96. The van der Waals surface area contributed by atoms with Gasteiger partial charge in [-0.3, -0.25) is 9.59 Å². The lowest BCUT2D eigenvalue weighted by molar-refractivity contribution is 0.0526. The molecule has 0 fully saturated rings. The lowest BCUT2D eigenvalue weighted by Gasteiger charge is -2.14. The Hall–Kier alpha value is -2.92. The molecule has 0 saturated heterocycles. The average Bonchev–Trinajstić information content (AvgIpc) is 2.63. The molecule has 0 amide bonds. The molecule has 5 nitrogen and oxygen atoms in total. The first-order valence-electron chi connectivity index (χ1n) is 7.64. The summed E-state index contributed by atoms with van der Waals surface area (Å²) >= 11 is 5.85. The summed E-state index contributed by atoms with van der Waals surface area (Å²) in [6.45, 7) is 2.03. The molecule has 0 aliphatic heterocycles. The van der Waals surface area contributed by atoms with Crippen molar-refractivity contribution in [2.24, 2.45) is 0 Å². The van der Waals surface area contributed by atoms with Crippen LogP contribution in [0.1, 0.15) is 17.3 Å². The predicted octanol–water partition coefficient (Wildman–Crippen LogP) is 3.52. The minimum atomic E-state index is -0.570. The third-order valence-electron chi connectivity index (χ3n) is 3.71. The molecule has 6 heteroatoms. The number of rotatable bonds is 5. The molecule has 0 spiro atoms. The Bertz CT molecular complexity index is 984. The van der Waals surface area contributed by atoms with E-state index >= 15 is 0 Å². The van der Waals surface area contributed by atoms with E-state index in [1.54, 1.807) is 55.5 Å². The van der Waals surface area contributed by atoms with Gasteiger partial charge in [-0.2, -0.15) is 0 Å². The molecule has 0 heterocycles. The molecule has 0 atom stereocenters. The summed E-state index contributed by atoms with van der Waals surface area (Å²) in [6, 6.07) is 13.2. The molecular formula is C19H14ClNO4. The quantitative estimate of drug-likeness (QED) is 0.560. The summed E-state index contributed by atoms with van der Waals surface area (Å²) in [7, 11) is 0. The minimum absolute atomic E-state index is 0.233. The number of hydrogen-bond acceptors (Lipinski definition) is 5. The van der Waals surface area contributed by atoms with E-state index in [0.717, 1.165) is 0 Å². The van der Waals surface area contributed by atoms with Crippen molar-refractivity contribution in [3.8, 4) is 11.1 Å². The maximum atomic E-state index is 11.9. The number of esters is 1. The van der Waals surface area contributed by atoms with Crippen LogP contribution in [0.2, 0.25) is 5.02 Å². The van der Waals surface area contributed by atoms with Crippen molar-refractivity contribution in [2.75, 3.05) is 11.9 Å². The fraction of sp³-hybridized carbons (Fsp3) is 0.105. The van der Waals surface area contributed by atoms with Gasteiger partial charge in [-0.15, -0.1) is 0 Å². The topological polar surface area (TPSA) is 72.5 Å². The third kappa shape index (κ3) is 3.32. The van der Waals surface area contributed by atoms with E-state index < -0.39 is 16.8 Å². The van der Waals surface area contributed by atoms with Crippen molar-refractivity contribution in [3.05, 3.63) is 79.6 Å². The summed E-state index contributed by atoms with van der Waals surface area (Å²) in [6.07, 6.45) is 0. The van der Waals surface area contributed by atoms with E-state index in [4.69, 9.17) is 16.3 Å². The fourth-order valence-corrected chi connectivity index (χ4v) is 2.58. The smallest absolute Gasteiger partial charge is 0.338 e. The highest BCUT2D eigenvalue weighted by Gasteiger charge is 2.22. The summed E-state index contributed by atoms with van der Waals surface area (Å²) in [4.78, 5) is 35.5. The molecule has 0 radical (unpaired) electrons. The monoisotopic (exact) mass is 355 g/mol. The van der Waals surface area contributed by atoms with Gasteiger partial charge in [-0.25, -0.2) is 4.79 Å². The van der Waals surface area contributed by atoms with Crippen LogP contribution < -0.4 is 16.2 Å². The van der Waals surface area contributed by atoms with Gasteiger partial charge in [0.2, 0.25) is 5.43 Å². The van der Waals surface area contributed by atoms with Crippen LogP contribution in [0.4, 0.5) is 11.4 Å². The second-order valence-electron chi connectivity index (χ2n) is 5.34. The first-order valence-corrected chi connectivity index (χ1v) is 8.02. The molecule has 1 N–H and O–H groups in total. The van der Waals surface area contributed by atoms with Gasteiger partial charge in [0, 0.05) is 10.7 Å². The number of ether oxygens (including phenoxy) is 1. The maximum absolute atomic E-state index is 11.9. The van der Waals surface area contributed by atoms with Crippen LogP contribution >= 0.6 is 11.6 Å². The molecule has 3 aromatic carbocycles. The molecule has 0 bridgehead atoms. The molecule has 0 aliphatic carbocycles. The van der Waals surface area contributed by atoms with Crippen LogP contribution in [0.5, 0.6) is 0 Å². The second-order valence-corrected chi connectivity index (χ2v) is 5.77. The summed E-state index contributed by atoms with van der Waals surface area (Å²) in [5, 5.41) is 3.49. The minimum Gasteiger partial charge on any atom is -0.462 e. The van der Waals surface area contributed by atoms with E-state index in [1.807, 2.05) is 0 Å². The number of halogens is 1. The van der Waals surface area contributed by atoms with Gasteiger partial charge in [0.05, 0.1) is 17.7 Å². The van der Waals surface area contributed by atoms with E-state index in [9.17, 15) is 14.4 Å². The largest absolute Gasteiger partial charge is 0.462 e. The van der Waals surface area contributed by atoms with Gasteiger partial charge in [-0.05, 0) is 48.9 Å². The van der Waals surface area contributed by atoms with Crippen molar-refractivity contribution in [1.29, 1.82) is 0 Å². The van der Waals surface area contributed by atoms with Gasteiger partial charge in [0.25, 0.3) is 5.43 Å². The number of carbonyl (C=O) groups excluding carboxylic acids is 1. The Balaban J connectivity index is 1.86. The Morgan fingerprint density at radius 2 is 1.64 bits per heavy atom. The molecule has 0 saturated carbocycles. The van der Waals surface area contributed by atoms with Crippen molar-refractivity contribution in [3.63, 3.8) is 0 Å². The second kappa shape index (κ2) is 6.91. The van der Waals surface area contributed by atoms with E-state index in [2.05, 4.69) is 5.32 Å². The Labute approximate surface area is 148 Å². The SMILES string of the molecule is CCOC(=O)c1ccc(Nc2c(-c3ccc(Cl)cc3)c(=O)c2=O)cc1. The molecule has 3 aromatic rings. The average molecular weight is 356 g/mol. The number of anilines is 2. The number of carbonyl (C=O) groups is 1.